The molecule has 0 saturated heterocycles. The number of aromatic nitrogens is 2. The fourth-order valence-electron chi connectivity index (χ4n) is 0.961. The fraction of sp³-hybridized carbons (Fsp3) is 0.714. The lowest BCUT2D eigenvalue weighted by Crippen LogP contribution is -2.20. The van der Waals surface area contributed by atoms with Crippen LogP contribution >= 0.6 is 11.3 Å². The number of hydrogen-bond donors (Lipinski definition) is 2. The van der Waals surface area contributed by atoms with Gasteiger partial charge in [0.1, 0.15) is 5.01 Å². The average molecular weight is 250 g/mol. The molecule has 0 aromatic carbocycles. The monoisotopic (exact) mass is 250 g/mol. The summed E-state index contributed by atoms with van der Waals surface area (Å²) in [6.45, 7) is 2.45. The van der Waals surface area contributed by atoms with E-state index in [9.17, 15) is 8.42 Å². The fourth-order valence-corrected chi connectivity index (χ4v) is 2.88. The summed E-state index contributed by atoms with van der Waals surface area (Å²) in [7, 11) is -1.49. The van der Waals surface area contributed by atoms with Crippen LogP contribution in [0.1, 0.15) is 11.4 Å². The SMILES string of the molecule is CNCCCS(=O)(=O)Nc1nnc(C)s1. The lowest BCUT2D eigenvalue weighted by Gasteiger charge is -2.03. The van der Waals surface area contributed by atoms with Crippen LogP contribution in [0, 0.1) is 6.92 Å². The number of aryl methyl sites for hydroxylation is 1. The summed E-state index contributed by atoms with van der Waals surface area (Å²) >= 11 is 1.23. The van der Waals surface area contributed by atoms with Crippen LogP contribution in [0.25, 0.3) is 0 Å². The van der Waals surface area contributed by atoms with Crippen LogP contribution < -0.4 is 10.0 Å². The molecular weight excluding hydrogens is 236 g/mol. The molecule has 0 spiro atoms. The van der Waals surface area contributed by atoms with E-state index in [2.05, 4.69) is 20.2 Å². The zero-order valence-corrected chi connectivity index (χ0v) is 10.3. The summed E-state index contributed by atoms with van der Waals surface area (Å²) in [5, 5.41) is 11.4. The van der Waals surface area contributed by atoms with Gasteiger partial charge in [0.15, 0.2) is 0 Å². The van der Waals surface area contributed by atoms with Gasteiger partial charge in [0.2, 0.25) is 15.2 Å². The summed E-state index contributed by atoms with van der Waals surface area (Å²) in [4.78, 5) is 0. The zero-order valence-electron chi connectivity index (χ0n) is 8.65. The minimum atomic E-state index is -3.28. The third kappa shape index (κ3) is 4.54. The van der Waals surface area contributed by atoms with Gasteiger partial charge in [0, 0.05) is 0 Å². The third-order valence-corrected chi connectivity index (χ3v) is 3.82. The number of hydrogen-bond acceptors (Lipinski definition) is 6. The summed E-state index contributed by atoms with van der Waals surface area (Å²) in [6, 6.07) is 0. The first kappa shape index (κ1) is 12.3. The first-order valence-electron chi connectivity index (χ1n) is 4.49. The Balaban J connectivity index is 2.49. The van der Waals surface area contributed by atoms with E-state index in [0.717, 1.165) is 5.01 Å². The van der Waals surface area contributed by atoms with Crippen LogP contribution in [-0.4, -0.2) is 38.0 Å². The standard InChI is InChI=1S/C7H14N4O2S2/c1-6-9-10-7(14-6)11-15(12,13)5-3-4-8-2/h8H,3-5H2,1-2H3,(H,10,11). The van der Waals surface area contributed by atoms with Gasteiger partial charge in [-0.3, -0.25) is 4.72 Å². The molecule has 0 bridgehead atoms. The van der Waals surface area contributed by atoms with Crippen LogP contribution in [0.5, 0.6) is 0 Å². The van der Waals surface area contributed by atoms with Crippen molar-refractivity contribution < 1.29 is 8.42 Å². The first-order valence-corrected chi connectivity index (χ1v) is 6.95. The Hall–Kier alpha value is -0.730. The van der Waals surface area contributed by atoms with Gasteiger partial charge >= 0.3 is 0 Å². The second-order valence-corrected chi connectivity index (χ2v) is 6.03. The van der Waals surface area contributed by atoms with Crippen molar-refractivity contribution in [3.05, 3.63) is 5.01 Å². The highest BCUT2D eigenvalue weighted by Crippen LogP contribution is 2.15. The lowest BCUT2D eigenvalue weighted by molar-refractivity contribution is 0.597. The molecule has 2 N–H and O–H groups in total. The van der Waals surface area contributed by atoms with Gasteiger partial charge in [-0.2, -0.15) is 0 Å². The molecule has 0 radical (unpaired) electrons. The molecule has 6 nitrogen and oxygen atoms in total. The second-order valence-electron chi connectivity index (χ2n) is 3.00. The van der Waals surface area contributed by atoms with Gasteiger partial charge in [0.25, 0.3) is 0 Å². The molecule has 0 atom stereocenters. The molecule has 0 saturated carbocycles. The lowest BCUT2D eigenvalue weighted by atomic mass is 10.5. The molecule has 0 aliphatic rings. The smallest absolute Gasteiger partial charge is 0.234 e. The van der Waals surface area contributed by atoms with E-state index in [0.29, 0.717) is 18.1 Å². The number of nitrogens with one attached hydrogen (secondary N) is 2. The van der Waals surface area contributed by atoms with Crippen LogP contribution in [0.3, 0.4) is 0 Å². The minimum absolute atomic E-state index is 0.0897. The van der Waals surface area contributed by atoms with Crippen LogP contribution in [0.2, 0.25) is 0 Å². The van der Waals surface area contributed by atoms with E-state index in [4.69, 9.17) is 0 Å². The Labute approximate surface area is 93.2 Å². The number of nitrogens with zero attached hydrogens (tertiary/aromatic N) is 2. The third-order valence-electron chi connectivity index (χ3n) is 1.61. The summed E-state index contributed by atoms with van der Waals surface area (Å²) in [5.41, 5.74) is 0. The molecular formula is C7H14N4O2S2. The number of rotatable bonds is 6. The summed E-state index contributed by atoms with van der Waals surface area (Å²) in [5.74, 6) is 0.0897. The van der Waals surface area contributed by atoms with Gasteiger partial charge in [0.05, 0.1) is 5.75 Å². The van der Waals surface area contributed by atoms with E-state index in [1.165, 1.54) is 11.3 Å². The molecule has 1 heterocycles. The highest BCUT2D eigenvalue weighted by Gasteiger charge is 2.12. The number of sulfonamides is 1. The first-order chi connectivity index (χ1) is 7.03. The van der Waals surface area contributed by atoms with Crippen molar-refractivity contribution in [2.24, 2.45) is 0 Å². The largest absolute Gasteiger partial charge is 0.320 e. The predicted octanol–water partition coefficient (Wildman–Crippen LogP) is 0.198. The molecule has 0 fully saturated rings. The Morgan fingerprint density at radius 3 is 2.67 bits per heavy atom. The molecule has 1 aromatic heterocycles. The minimum Gasteiger partial charge on any atom is -0.320 e. The van der Waals surface area contributed by atoms with Gasteiger partial charge in [-0.25, -0.2) is 8.42 Å². The maximum Gasteiger partial charge on any atom is 0.234 e. The van der Waals surface area contributed by atoms with Crippen molar-refractivity contribution in [3.8, 4) is 0 Å². The van der Waals surface area contributed by atoms with Crippen LogP contribution in [0.15, 0.2) is 0 Å². The van der Waals surface area contributed by atoms with Gasteiger partial charge < -0.3 is 5.32 Å². The van der Waals surface area contributed by atoms with Crippen molar-refractivity contribution in [1.82, 2.24) is 15.5 Å². The molecule has 15 heavy (non-hydrogen) atoms. The maximum absolute atomic E-state index is 11.5. The van der Waals surface area contributed by atoms with Crippen LogP contribution in [0.4, 0.5) is 5.13 Å². The molecule has 1 rings (SSSR count). The van der Waals surface area contributed by atoms with E-state index < -0.39 is 10.0 Å². The van der Waals surface area contributed by atoms with Crippen molar-refractivity contribution >= 4 is 26.5 Å². The zero-order chi connectivity index (χ0) is 11.3. The highest BCUT2D eigenvalue weighted by atomic mass is 32.2. The summed E-state index contributed by atoms with van der Waals surface area (Å²) in [6.07, 6.45) is 0.573. The highest BCUT2D eigenvalue weighted by molar-refractivity contribution is 7.92. The Bertz CT molecular complexity index is 401. The Morgan fingerprint density at radius 1 is 1.40 bits per heavy atom. The van der Waals surface area contributed by atoms with Gasteiger partial charge in [-0.1, -0.05) is 11.3 Å². The van der Waals surface area contributed by atoms with Crippen molar-refractivity contribution in [2.45, 2.75) is 13.3 Å². The molecule has 0 aliphatic heterocycles. The van der Waals surface area contributed by atoms with Gasteiger partial charge in [-0.05, 0) is 26.9 Å². The van der Waals surface area contributed by atoms with Crippen molar-refractivity contribution in [1.29, 1.82) is 0 Å². The topological polar surface area (TPSA) is 84.0 Å². The predicted molar refractivity (Wildman–Crippen MR) is 60.6 cm³/mol. The molecule has 0 aliphatic carbocycles. The van der Waals surface area contributed by atoms with Crippen molar-refractivity contribution in [2.75, 3.05) is 24.1 Å². The Kier molecular flexibility index (Phi) is 4.43. The van der Waals surface area contributed by atoms with E-state index in [1.807, 2.05) is 0 Å². The second kappa shape index (κ2) is 5.38. The normalized spacial score (nSPS) is 11.6. The van der Waals surface area contributed by atoms with E-state index >= 15 is 0 Å². The molecule has 8 heteroatoms. The molecule has 1 aromatic rings. The molecule has 0 amide bonds. The quantitative estimate of drug-likeness (QED) is 0.705. The van der Waals surface area contributed by atoms with E-state index in [1.54, 1.807) is 14.0 Å². The molecule has 0 unspecified atom stereocenters. The Morgan fingerprint density at radius 2 is 2.13 bits per heavy atom. The van der Waals surface area contributed by atoms with Crippen molar-refractivity contribution in [3.63, 3.8) is 0 Å². The maximum atomic E-state index is 11.5. The molecule has 86 valence electrons. The van der Waals surface area contributed by atoms with Crippen LogP contribution in [-0.2, 0) is 10.0 Å². The van der Waals surface area contributed by atoms with E-state index in [-0.39, 0.29) is 5.75 Å². The van der Waals surface area contributed by atoms with Gasteiger partial charge in [-0.15, -0.1) is 10.2 Å². The number of anilines is 1. The summed E-state index contributed by atoms with van der Waals surface area (Å²) < 4.78 is 25.4. The average Bonchev–Trinajstić information content (AvgIpc) is 2.50.